The Morgan fingerprint density at radius 2 is 0.794 bits per heavy atom. The van der Waals surface area contributed by atoms with Crippen LogP contribution in [0, 0.1) is 0 Å². The van der Waals surface area contributed by atoms with E-state index in [2.05, 4.69) is 223 Å². The van der Waals surface area contributed by atoms with Gasteiger partial charge in [0.2, 0.25) is 0 Å². The maximum Gasteiger partial charge on any atom is 0.162 e. The zero-order valence-corrected chi connectivity index (χ0v) is 34.2. The minimum Gasteiger partial charge on any atom is -0.294 e. The summed E-state index contributed by atoms with van der Waals surface area (Å²) >= 11 is 0. The summed E-state index contributed by atoms with van der Waals surface area (Å²) in [5.41, 5.74) is 19.9. The summed E-state index contributed by atoms with van der Waals surface area (Å²) in [5, 5.41) is 2.44. The van der Waals surface area contributed by atoms with E-state index in [9.17, 15) is 0 Å². The number of benzene rings is 9. The standard InChI is InChI=1S/C60H37N3/c1-3-19-38(20-4-1)52-37-55(62-58(61-52)39-21-5-2-6-22-39)63-53-34-18-10-26-43(53)57-54(63)36-35-51-56(57)42-25-9-13-29-46(42)60(51)49-32-16-14-30-47(49)59(48-31-15-17-33-50(48)60)44-27-11-7-23-40(44)41-24-8-12-28-45(41)59/h1-37H. The van der Waals surface area contributed by atoms with E-state index in [4.69, 9.17) is 9.97 Å². The van der Waals surface area contributed by atoms with Crippen LogP contribution in [0.3, 0.4) is 0 Å². The summed E-state index contributed by atoms with van der Waals surface area (Å²) in [4.78, 5) is 10.5. The molecular formula is C60H37N3. The second-order valence-corrected chi connectivity index (χ2v) is 17.1. The molecule has 0 atom stereocenters. The molecule has 0 bridgehead atoms. The van der Waals surface area contributed by atoms with Gasteiger partial charge in [-0.05, 0) is 78.9 Å². The maximum absolute atomic E-state index is 5.38. The van der Waals surface area contributed by atoms with Crippen molar-refractivity contribution in [2.45, 2.75) is 10.8 Å². The van der Waals surface area contributed by atoms with Crippen molar-refractivity contribution in [3.05, 3.63) is 269 Å². The van der Waals surface area contributed by atoms with Gasteiger partial charge in [-0.25, -0.2) is 9.97 Å². The Bertz CT molecular complexity index is 3540. The highest BCUT2D eigenvalue weighted by atomic mass is 15.1. The molecule has 292 valence electrons. The quantitative estimate of drug-likeness (QED) is 0.178. The first-order chi connectivity index (χ1) is 31.3. The molecule has 0 saturated carbocycles. The molecule has 0 radical (unpaired) electrons. The third-order valence-corrected chi connectivity index (χ3v) is 14.3. The van der Waals surface area contributed by atoms with E-state index < -0.39 is 10.8 Å². The average molecular weight is 800 g/mol. The summed E-state index contributed by atoms with van der Waals surface area (Å²) in [6.07, 6.45) is 0. The molecule has 3 aliphatic rings. The second-order valence-electron chi connectivity index (χ2n) is 17.1. The van der Waals surface area contributed by atoms with Gasteiger partial charge in [-0.1, -0.05) is 206 Å². The first-order valence-electron chi connectivity index (χ1n) is 21.8. The lowest BCUT2D eigenvalue weighted by atomic mass is 9.52. The third-order valence-electron chi connectivity index (χ3n) is 14.3. The SMILES string of the molecule is c1ccc(-c2cc(-n3c4ccccc4c4c5c(ccc43)C3(c4ccccc4-5)c4ccccc4C4(c5ccccc5-c5ccccc54)c4ccccc43)nc(-c3ccccc3)n2)cc1. The van der Waals surface area contributed by atoms with Gasteiger partial charge in [-0.15, -0.1) is 0 Å². The zero-order chi connectivity index (χ0) is 41.3. The Morgan fingerprint density at radius 3 is 1.40 bits per heavy atom. The van der Waals surface area contributed by atoms with Gasteiger partial charge in [-0.2, -0.15) is 0 Å². The van der Waals surface area contributed by atoms with E-state index in [-0.39, 0.29) is 0 Å². The lowest BCUT2D eigenvalue weighted by Gasteiger charge is -2.48. The molecule has 11 aromatic rings. The Balaban J connectivity index is 1.10. The summed E-state index contributed by atoms with van der Waals surface area (Å²) < 4.78 is 2.36. The lowest BCUT2D eigenvalue weighted by Crippen LogP contribution is -2.43. The number of nitrogens with zero attached hydrogens (tertiary/aromatic N) is 3. The predicted molar refractivity (Wildman–Crippen MR) is 255 cm³/mol. The molecule has 14 rings (SSSR count). The van der Waals surface area contributed by atoms with Crippen molar-refractivity contribution >= 4 is 21.8 Å². The number of hydrogen-bond donors (Lipinski definition) is 0. The average Bonchev–Trinajstić information content (AvgIpc) is 3.97. The molecule has 3 aliphatic carbocycles. The Hall–Kier alpha value is -8.14. The molecule has 2 spiro atoms. The normalized spacial score (nSPS) is 14.3. The van der Waals surface area contributed by atoms with Crippen molar-refractivity contribution in [1.29, 1.82) is 0 Å². The minimum atomic E-state index is -0.579. The zero-order valence-electron chi connectivity index (χ0n) is 34.2. The van der Waals surface area contributed by atoms with Gasteiger partial charge in [0.15, 0.2) is 5.82 Å². The fourth-order valence-electron chi connectivity index (χ4n) is 12.1. The number of rotatable bonds is 3. The van der Waals surface area contributed by atoms with Crippen molar-refractivity contribution in [2.24, 2.45) is 0 Å². The van der Waals surface area contributed by atoms with Gasteiger partial charge < -0.3 is 0 Å². The molecular weight excluding hydrogens is 763 g/mol. The molecule has 0 N–H and O–H groups in total. The highest BCUT2D eigenvalue weighted by Crippen LogP contribution is 2.68. The fourth-order valence-corrected chi connectivity index (χ4v) is 12.1. The number of aromatic nitrogens is 3. The van der Waals surface area contributed by atoms with Crippen LogP contribution in [0.2, 0.25) is 0 Å². The summed E-state index contributed by atoms with van der Waals surface area (Å²) in [5.74, 6) is 1.53. The van der Waals surface area contributed by atoms with E-state index in [1.165, 1.54) is 77.5 Å². The van der Waals surface area contributed by atoms with Crippen LogP contribution in [-0.2, 0) is 10.8 Å². The van der Waals surface area contributed by atoms with Crippen molar-refractivity contribution in [2.75, 3.05) is 0 Å². The van der Waals surface area contributed by atoms with Gasteiger partial charge in [-0.3, -0.25) is 4.57 Å². The summed E-state index contributed by atoms with van der Waals surface area (Å²) in [6, 6.07) is 82.7. The monoisotopic (exact) mass is 799 g/mol. The van der Waals surface area contributed by atoms with Crippen LogP contribution >= 0.6 is 0 Å². The van der Waals surface area contributed by atoms with Crippen LogP contribution in [0.1, 0.15) is 44.5 Å². The fraction of sp³-hybridized carbons (Fsp3) is 0.0333. The van der Waals surface area contributed by atoms with Crippen LogP contribution < -0.4 is 0 Å². The summed E-state index contributed by atoms with van der Waals surface area (Å²) in [7, 11) is 0. The van der Waals surface area contributed by atoms with E-state index in [1.54, 1.807) is 0 Å². The van der Waals surface area contributed by atoms with Crippen molar-refractivity contribution < 1.29 is 0 Å². The molecule has 2 heterocycles. The predicted octanol–water partition coefficient (Wildman–Crippen LogP) is 13.9. The minimum absolute atomic E-state index is 0.483. The van der Waals surface area contributed by atoms with Gasteiger partial charge in [0.05, 0.1) is 27.6 Å². The van der Waals surface area contributed by atoms with Crippen molar-refractivity contribution in [3.63, 3.8) is 0 Å². The Morgan fingerprint density at radius 1 is 0.333 bits per heavy atom. The molecule has 2 aromatic heterocycles. The van der Waals surface area contributed by atoms with Crippen LogP contribution in [-0.4, -0.2) is 14.5 Å². The van der Waals surface area contributed by atoms with Crippen LogP contribution in [0.15, 0.2) is 224 Å². The van der Waals surface area contributed by atoms with Gasteiger partial charge in [0, 0.05) is 28.0 Å². The molecule has 0 fully saturated rings. The van der Waals surface area contributed by atoms with E-state index in [0.29, 0.717) is 5.82 Å². The van der Waals surface area contributed by atoms with Gasteiger partial charge in [0.25, 0.3) is 0 Å². The first-order valence-corrected chi connectivity index (χ1v) is 21.8. The third kappa shape index (κ3) is 4.33. The van der Waals surface area contributed by atoms with E-state index in [1.807, 2.05) is 6.07 Å². The van der Waals surface area contributed by atoms with Gasteiger partial charge >= 0.3 is 0 Å². The highest BCUT2D eigenvalue weighted by Gasteiger charge is 2.59. The van der Waals surface area contributed by atoms with Crippen LogP contribution in [0.4, 0.5) is 0 Å². The highest BCUT2D eigenvalue weighted by molar-refractivity contribution is 6.18. The first kappa shape index (κ1) is 34.6. The number of hydrogen-bond acceptors (Lipinski definition) is 2. The molecule has 0 amide bonds. The molecule has 0 unspecified atom stereocenters. The van der Waals surface area contributed by atoms with Gasteiger partial charge in [0.1, 0.15) is 5.82 Å². The van der Waals surface area contributed by atoms with Crippen LogP contribution in [0.5, 0.6) is 0 Å². The molecule has 3 heteroatoms. The Labute approximate surface area is 365 Å². The van der Waals surface area contributed by atoms with Crippen LogP contribution in [0.25, 0.3) is 72.5 Å². The summed E-state index contributed by atoms with van der Waals surface area (Å²) in [6.45, 7) is 0. The molecule has 0 aliphatic heterocycles. The largest absolute Gasteiger partial charge is 0.294 e. The molecule has 3 nitrogen and oxygen atoms in total. The lowest BCUT2D eigenvalue weighted by molar-refractivity contribution is 0.633. The number of fused-ring (bicyclic) bond motifs is 20. The number of para-hydroxylation sites is 1. The van der Waals surface area contributed by atoms with Crippen molar-refractivity contribution in [1.82, 2.24) is 14.5 Å². The maximum atomic E-state index is 5.38. The molecule has 0 saturated heterocycles. The second kappa shape index (κ2) is 12.7. The smallest absolute Gasteiger partial charge is 0.162 e. The Kier molecular flexibility index (Phi) is 6.97. The topological polar surface area (TPSA) is 30.7 Å². The van der Waals surface area contributed by atoms with E-state index in [0.717, 1.165) is 33.7 Å². The van der Waals surface area contributed by atoms with Crippen molar-refractivity contribution in [3.8, 4) is 50.7 Å². The molecule has 9 aromatic carbocycles. The van der Waals surface area contributed by atoms with E-state index >= 15 is 0 Å². The molecule has 63 heavy (non-hydrogen) atoms.